The number of Topliss-reactive ketones (excluding diaryl/α,β-unsaturated/α-hetero) is 1. The Balaban J connectivity index is 2.74. The number of amides is 1. The summed E-state index contributed by atoms with van der Waals surface area (Å²) >= 11 is 0. The Kier molecular flexibility index (Phi) is 8.62. The molecule has 0 unspecified atom stereocenters. The highest BCUT2D eigenvalue weighted by Gasteiger charge is 2.26. The Hall–Kier alpha value is -1.73. The van der Waals surface area contributed by atoms with Crippen molar-refractivity contribution < 1.29 is 14.3 Å². The van der Waals surface area contributed by atoms with E-state index in [2.05, 4.69) is 35.3 Å². The molecule has 0 aliphatic carbocycles. The van der Waals surface area contributed by atoms with Crippen LogP contribution in [0.2, 0.25) is 25.7 Å². The van der Waals surface area contributed by atoms with Crippen LogP contribution in [0.1, 0.15) is 33.3 Å². The Morgan fingerprint density at radius 2 is 1.93 bits per heavy atom. The van der Waals surface area contributed by atoms with E-state index in [0.29, 0.717) is 13.0 Å². The average Bonchev–Trinajstić information content (AvgIpc) is 2.48. The number of hydrogen-bond donors (Lipinski definition) is 2. The number of ketones is 1. The van der Waals surface area contributed by atoms with Crippen LogP contribution in [-0.4, -0.2) is 49.2 Å². The lowest BCUT2D eigenvalue weighted by atomic mass is 10.0. The Morgan fingerprint density at radius 3 is 2.41 bits per heavy atom. The van der Waals surface area contributed by atoms with E-state index < -0.39 is 19.8 Å². The Bertz CT molecular complexity index is 609. The predicted octanol–water partition coefficient (Wildman–Crippen LogP) is 3.40. The zero-order valence-electron chi connectivity index (χ0n) is 17.8. The van der Waals surface area contributed by atoms with E-state index in [1.165, 1.54) is 0 Å². The third-order valence-corrected chi connectivity index (χ3v) is 5.56. The van der Waals surface area contributed by atoms with Crippen molar-refractivity contribution in [2.45, 2.75) is 77.5 Å². The molecule has 1 aromatic heterocycles. The van der Waals surface area contributed by atoms with Crippen LogP contribution in [0.5, 0.6) is 0 Å². The van der Waals surface area contributed by atoms with Gasteiger partial charge in [-0.1, -0.05) is 25.7 Å². The molecule has 0 bridgehead atoms. The van der Waals surface area contributed by atoms with Crippen molar-refractivity contribution in [2.75, 3.05) is 6.54 Å². The summed E-state index contributed by atoms with van der Waals surface area (Å²) < 4.78 is 5.40. The second-order valence-electron chi connectivity index (χ2n) is 9.24. The summed E-state index contributed by atoms with van der Waals surface area (Å²) in [5.41, 5.74) is 0.468. The van der Waals surface area contributed by atoms with E-state index in [1.807, 2.05) is 32.9 Å². The van der Waals surface area contributed by atoms with Gasteiger partial charge in [-0.15, -0.1) is 0 Å². The molecule has 6 nitrogen and oxygen atoms in total. The summed E-state index contributed by atoms with van der Waals surface area (Å²) in [6.07, 6.45) is 3.65. The number of alkyl carbamates (subject to hydrolysis) is 1. The summed E-state index contributed by atoms with van der Waals surface area (Å²) in [4.78, 5) is 28.4. The van der Waals surface area contributed by atoms with Crippen LogP contribution >= 0.6 is 0 Å². The number of carbonyl (C=O) groups excluding carboxylic acids is 2. The fourth-order valence-electron chi connectivity index (χ4n) is 2.79. The van der Waals surface area contributed by atoms with Crippen molar-refractivity contribution in [3.63, 3.8) is 0 Å². The van der Waals surface area contributed by atoms with Gasteiger partial charge in [0.1, 0.15) is 11.4 Å². The van der Waals surface area contributed by atoms with Crippen molar-refractivity contribution in [1.82, 2.24) is 15.6 Å². The van der Waals surface area contributed by atoms with Gasteiger partial charge in [0.25, 0.3) is 0 Å². The molecule has 27 heavy (non-hydrogen) atoms. The van der Waals surface area contributed by atoms with Gasteiger partial charge in [0, 0.05) is 33.1 Å². The summed E-state index contributed by atoms with van der Waals surface area (Å²) in [5.74, 6) is 0.0721. The summed E-state index contributed by atoms with van der Waals surface area (Å²) in [6, 6.07) is 4.34. The summed E-state index contributed by atoms with van der Waals surface area (Å²) in [5, 5.41) is 6.31. The van der Waals surface area contributed by atoms with Crippen molar-refractivity contribution in [3.05, 3.63) is 30.1 Å². The minimum Gasteiger partial charge on any atom is -0.444 e. The van der Waals surface area contributed by atoms with E-state index in [4.69, 9.17) is 4.74 Å². The van der Waals surface area contributed by atoms with Gasteiger partial charge < -0.3 is 15.4 Å². The maximum atomic E-state index is 12.2. The molecule has 0 saturated carbocycles. The lowest BCUT2D eigenvalue weighted by Gasteiger charge is -2.29. The summed E-state index contributed by atoms with van der Waals surface area (Å²) in [7, 11) is -1.42. The molecule has 1 amide bonds. The van der Waals surface area contributed by atoms with E-state index in [9.17, 15) is 9.59 Å². The normalized spacial score (nSPS) is 14.3. The third kappa shape index (κ3) is 10.9. The van der Waals surface area contributed by atoms with Crippen LogP contribution in [0.15, 0.2) is 24.5 Å². The maximum absolute atomic E-state index is 12.2. The lowest BCUT2D eigenvalue weighted by Crippen LogP contribution is -2.50. The molecule has 152 valence electrons. The molecule has 1 aromatic rings. The zero-order valence-corrected chi connectivity index (χ0v) is 18.8. The Morgan fingerprint density at radius 1 is 1.26 bits per heavy atom. The molecule has 0 fully saturated rings. The lowest BCUT2D eigenvalue weighted by molar-refractivity contribution is -0.119. The number of rotatable bonds is 9. The predicted molar refractivity (Wildman–Crippen MR) is 112 cm³/mol. The van der Waals surface area contributed by atoms with Crippen LogP contribution in [0.25, 0.3) is 0 Å². The first-order valence-corrected chi connectivity index (χ1v) is 13.2. The number of ether oxygens (including phenoxy) is 1. The fraction of sp³-hybridized carbons (Fsp3) is 0.650. The molecule has 7 heteroatoms. The number of nitrogens with zero attached hydrogens (tertiary/aromatic N) is 1. The first kappa shape index (κ1) is 23.3. The number of pyridine rings is 1. The van der Waals surface area contributed by atoms with Crippen molar-refractivity contribution in [2.24, 2.45) is 0 Å². The standard InChI is InChI=1S/C20H35N3O3Si/c1-15(24)18(11-16-9-8-10-21-12-16)22-13-17(14-27(5,6)7)23-19(25)26-20(2,3)4/h8-10,12,17-18,22H,11,13-14H2,1-7H3,(H,23,25)/t17-,18+/m1/s1. The molecule has 0 radical (unpaired) electrons. The fourth-order valence-corrected chi connectivity index (χ4v) is 4.51. The van der Waals surface area contributed by atoms with Gasteiger partial charge in [0.2, 0.25) is 0 Å². The average molecular weight is 394 g/mol. The third-order valence-electron chi connectivity index (χ3n) is 3.84. The van der Waals surface area contributed by atoms with Gasteiger partial charge in [-0.3, -0.25) is 9.78 Å². The molecule has 0 saturated heterocycles. The zero-order chi connectivity index (χ0) is 20.7. The van der Waals surface area contributed by atoms with Gasteiger partial charge in [-0.05, 0) is 51.8 Å². The second-order valence-corrected chi connectivity index (χ2v) is 14.8. The van der Waals surface area contributed by atoms with Gasteiger partial charge in [0.15, 0.2) is 0 Å². The second kappa shape index (κ2) is 9.99. The van der Waals surface area contributed by atoms with E-state index >= 15 is 0 Å². The molecule has 1 heterocycles. The van der Waals surface area contributed by atoms with E-state index in [0.717, 1.165) is 11.6 Å². The largest absolute Gasteiger partial charge is 0.444 e. The summed E-state index contributed by atoms with van der Waals surface area (Å²) in [6.45, 7) is 14.4. The molecule has 0 aromatic carbocycles. The van der Waals surface area contributed by atoms with E-state index in [1.54, 1.807) is 19.3 Å². The molecule has 2 N–H and O–H groups in total. The monoisotopic (exact) mass is 393 g/mol. The maximum Gasteiger partial charge on any atom is 0.407 e. The molecule has 2 atom stereocenters. The smallest absolute Gasteiger partial charge is 0.407 e. The highest BCUT2D eigenvalue weighted by Crippen LogP contribution is 2.13. The quantitative estimate of drug-likeness (QED) is 0.629. The minimum atomic E-state index is -1.42. The van der Waals surface area contributed by atoms with Crippen molar-refractivity contribution in [3.8, 4) is 0 Å². The van der Waals surface area contributed by atoms with Gasteiger partial charge in [-0.25, -0.2) is 4.79 Å². The van der Waals surface area contributed by atoms with Crippen LogP contribution in [0, 0.1) is 0 Å². The van der Waals surface area contributed by atoms with Gasteiger partial charge in [-0.2, -0.15) is 0 Å². The SMILES string of the molecule is CC(=O)[C@H](Cc1cccnc1)NC[C@H](C[Si](C)(C)C)NC(=O)OC(C)(C)C. The minimum absolute atomic E-state index is 0.0721. The topological polar surface area (TPSA) is 80.3 Å². The molecule has 0 aliphatic rings. The Labute approximate surface area is 164 Å². The number of hydrogen-bond acceptors (Lipinski definition) is 5. The van der Waals surface area contributed by atoms with Crippen LogP contribution in [0.3, 0.4) is 0 Å². The highest BCUT2D eigenvalue weighted by atomic mass is 28.3. The number of aromatic nitrogens is 1. The molecular weight excluding hydrogens is 358 g/mol. The molecule has 0 spiro atoms. The first-order chi connectivity index (χ1) is 12.4. The molecular formula is C20H35N3O3Si. The number of nitrogens with one attached hydrogen (secondary N) is 2. The van der Waals surface area contributed by atoms with Gasteiger partial charge >= 0.3 is 6.09 Å². The van der Waals surface area contributed by atoms with Crippen LogP contribution in [-0.2, 0) is 16.0 Å². The van der Waals surface area contributed by atoms with Crippen LogP contribution < -0.4 is 10.6 Å². The molecule has 0 aliphatic heterocycles. The molecule has 1 rings (SSSR count). The van der Waals surface area contributed by atoms with E-state index in [-0.39, 0.29) is 17.9 Å². The first-order valence-electron chi connectivity index (χ1n) is 9.48. The van der Waals surface area contributed by atoms with Crippen molar-refractivity contribution in [1.29, 1.82) is 0 Å². The number of carbonyl (C=O) groups is 2. The van der Waals surface area contributed by atoms with Crippen LogP contribution in [0.4, 0.5) is 4.79 Å². The van der Waals surface area contributed by atoms with Crippen molar-refractivity contribution >= 4 is 20.0 Å². The van der Waals surface area contributed by atoms with Gasteiger partial charge in [0.05, 0.1) is 6.04 Å². The highest BCUT2D eigenvalue weighted by molar-refractivity contribution is 6.76.